The number of amides is 2. The van der Waals surface area contributed by atoms with E-state index in [2.05, 4.69) is 10.9 Å². The van der Waals surface area contributed by atoms with Gasteiger partial charge in [0.25, 0.3) is 17.5 Å². The number of para-hydroxylation sites is 1. The molecule has 2 aromatic carbocycles. The number of nitro groups is 1. The molecule has 8 heteroatoms. The summed E-state index contributed by atoms with van der Waals surface area (Å²) in [6, 6.07) is 11.5. The lowest BCUT2D eigenvalue weighted by atomic mass is 10.2. The van der Waals surface area contributed by atoms with Crippen molar-refractivity contribution in [3.05, 3.63) is 69.8 Å². The van der Waals surface area contributed by atoms with E-state index in [9.17, 15) is 19.7 Å². The van der Waals surface area contributed by atoms with E-state index >= 15 is 0 Å². The first kappa shape index (κ1) is 15.0. The standard InChI is InChI=1S/C14H12N4O4/c15-12-7-2-1-6-11(12)14(20)17-16-13(19)9-4-3-5-10(8-9)18(21)22/h1-8H,15H2,(H,16,19)(H,17,20). The number of hydrogen-bond donors (Lipinski definition) is 3. The van der Waals surface area contributed by atoms with Crippen LogP contribution >= 0.6 is 0 Å². The summed E-state index contributed by atoms with van der Waals surface area (Å²) in [7, 11) is 0. The quantitative estimate of drug-likeness (QED) is 0.446. The Balaban J connectivity index is 2.04. The van der Waals surface area contributed by atoms with E-state index in [-0.39, 0.29) is 22.5 Å². The number of benzene rings is 2. The van der Waals surface area contributed by atoms with Crippen LogP contribution in [0, 0.1) is 10.1 Å². The molecule has 0 aliphatic rings. The molecule has 22 heavy (non-hydrogen) atoms. The van der Waals surface area contributed by atoms with E-state index in [1.807, 2.05) is 0 Å². The van der Waals surface area contributed by atoms with Crippen molar-refractivity contribution in [2.24, 2.45) is 0 Å². The SMILES string of the molecule is Nc1ccccc1C(=O)NNC(=O)c1cccc([N+](=O)[O-])c1. The molecule has 112 valence electrons. The Morgan fingerprint density at radius 1 is 1.00 bits per heavy atom. The lowest BCUT2D eigenvalue weighted by molar-refractivity contribution is -0.384. The smallest absolute Gasteiger partial charge is 0.271 e. The highest BCUT2D eigenvalue weighted by Crippen LogP contribution is 2.13. The fraction of sp³-hybridized carbons (Fsp3) is 0. The Kier molecular flexibility index (Phi) is 4.33. The van der Waals surface area contributed by atoms with Crippen LogP contribution in [0.2, 0.25) is 0 Å². The van der Waals surface area contributed by atoms with E-state index in [1.54, 1.807) is 18.2 Å². The molecule has 4 N–H and O–H groups in total. The maximum absolute atomic E-state index is 11.9. The number of nitrogens with one attached hydrogen (secondary N) is 2. The number of carbonyl (C=O) groups excluding carboxylic acids is 2. The molecule has 8 nitrogen and oxygen atoms in total. The molecular formula is C14H12N4O4. The van der Waals surface area contributed by atoms with Gasteiger partial charge in [0.05, 0.1) is 10.5 Å². The highest BCUT2D eigenvalue weighted by molar-refractivity contribution is 6.01. The van der Waals surface area contributed by atoms with Crippen molar-refractivity contribution in [2.75, 3.05) is 5.73 Å². The molecule has 0 aliphatic carbocycles. The highest BCUT2D eigenvalue weighted by Gasteiger charge is 2.13. The third-order valence-corrected chi connectivity index (χ3v) is 2.81. The average Bonchev–Trinajstić information content (AvgIpc) is 2.52. The fourth-order valence-corrected chi connectivity index (χ4v) is 1.72. The average molecular weight is 300 g/mol. The van der Waals surface area contributed by atoms with Gasteiger partial charge in [0.1, 0.15) is 0 Å². The van der Waals surface area contributed by atoms with Gasteiger partial charge in [0.2, 0.25) is 0 Å². The Hall–Kier alpha value is -3.42. The second-order valence-electron chi connectivity index (χ2n) is 4.30. The van der Waals surface area contributed by atoms with Gasteiger partial charge in [-0.05, 0) is 18.2 Å². The van der Waals surface area contributed by atoms with E-state index in [4.69, 9.17) is 5.73 Å². The van der Waals surface area contributed by atoms with Crippen molar-refractivity contribution in [3.8, 4) is 0 Å². The molecule has 0 saturated heterocycles. The van der Waals surface area contributed by atoms with Gasteiger partial charge in [0.15, 0.2) is 0 Å². The number of hydrazine groups is 1. The number of anilines is 1. The highest BCUT2D eigenvalue weighted by atomic mass is 16.6. The molecule has 0 aromatic heterocycles. The molecule has 2 rings (SSSR count). The topological polar surface area (TPSA) is 127 Å². The fourth-order valence-electron chi connectivity index (χ4n) is 1.72. The van der Waals surface area contributed by atoms with Crippen molar-refractivity contribution < 1.29 is 14.5 Å². The predicted octanol–water partition coefficient (Wildman–Crippen LogP) is 1.25. The zero-order valence-corrected chi connectivity index (χ0v) is 11.3. The van der Waals surface area contributed by atoms with E-state index in [0.717, 1.165) is 6.07 Å². The zero-order chi connectivity index (χ0) is 16.1. The predicted molar refractivity (Wildman–Crippen MR) is 78.9 cm³/mol. The summed E-state index contributed by atoms with van der Waals surface area (Å²) in [5.74, 6) is -1.26. The van der Waals surface area contributed by atoms with Gasteiger partial charge >= 0.3 is 0 Å². The third-order valence-electron chi connectivity index (χ3n) is 2.81. The summed E-state index contributed by atoms with van der Waals surface area (Å²) >= 11 is 0. The van der Waals surface area contributed by atoms with Crippen LogP contribution in [-0.2, 0) is 0 Å². The summed E-state index contributed by atoms with van der Waals surface area (Å²) in [5.41, 5.74) is 10.3. The van der Waals surface area contributed by atoms with Crippen LogP contribution in [0.15, 0.2) is 48.5 Å². The van der Waals surface area contributed by atoms with Crippen molar-refractivity contribution in [1.29, 1.82) is 0 Å². The number of nitrogens with two attached hydrogens (primary N) is 1. The number of hydrogen-bond acceptors (Lipinski definition) is 5. The molecule has 0 aliphatic heterocycles. The molecule has 0 spiro atoms. The van der Waals surface area contributed by atoms with Crippen LogP contribution in [0.5, 0.6) is 0 Å². The van der Waals surface area contributed by atoms with Gasteiger partial charge in [-0.2, -0.15) is 0 Å². The van der Waals surface area contributed by atoms with Crippen molar-refractivity contribution in [1.82, 2.24) is 10.9 Å². The normalized spacial score (nSPS) is 9.82. The summed E-state index contributed by atoms with van der Waals surface area (Å²) in [6.07, 6.45) is 0. The lowest BCUT2D eigenvalue weighted by Gasteiger charge is -2.08. The molecule has 0 atom stereocenters. The van der Waals surface area contributed by atoms with Gasteiger partial charge in [-0.15, -0.1) is 0 Å². The zero-order valence-electron chi connectivity index (χ0n) is 11.3. The van der Waals surface area contributed by atoms with Crippen LogP contribution < -0.4 is 16.6 Å². The van der Waals surface area contributed by atoms with E-state index < -0.39 is 16.7 Å². The molecule has 0 radical (unpaired) electrons. The number of nitrogens with zero attached hydrogens (tertiary/aromatic N) is 1. The summed E-state index contributed by atoms with van der Waals surface area (Å²) < 4.78 is 0. The molecule has 2 aromatic rings. The maximum atomic E-state index is 11.9. The Morgan fingerprint density at radius 3 is 2.36 bits per heavy atom. The molecule has 0 bridgehead atoms. The second kappa shape index (κ2) is 6.35. The van der Waals surface area contributed by atoms with Crippen LogP contribution in [0.1, 0.15) is 20.7 Å². The minimum absolute atomic E-state index is 0.0514. The Labute approximate surface area is 125 Å². The summed E-state index contributed by atoms with van der Waals surface area (Å²) in [4.78, 5) is 33.8. The molecular weight excluding hydrogens is 288 g/mol. The van der Waals surface area contributed by atoms with Gasteiger partial charge in [0, 0.05) is 23.4 Å². The molecule has 0 heterocycles. The largest absolute Gasteiger partial charge is 0.398 e. The maximum Gasteiger partial charge on any atom is 0.271 e. The number of nitrogen functional groups attached to an aromatic ring is 1. The van der Waals surface area contributed by atoms with Crippen LogP contribution in [-0.4, -0.2) is 16.7 Å². The van der Waals surface area contributed by atoms with Gasteiger partial charge in [-0.3, -0.25) is 30.6 Å². The van der Waals surface area contributed by atoms with Gasteiger partial charge in [-0.25, -0.2) is 0 Å². The number of rotatable bonds is 3. The first-order valence-corrected chi connectivity index (χ1v) is 6.18. The second-order valence-corrected chi connectivity index (χ2v) is 4.30. The van der Waals surface area contributed by atoms with Crippen molar-refractivity contribution in [2.45, 2.75) is 0 Å². The molecule has 0 saturated carbocycles. The minimum Gasteiger partial charge on any atom is -0.398 e. The van der Waals surface area contributed by atoms with Crippen LogP contribution in [0.4, 0.5) is 11.4 Å². The monoisotopic (exact) mass is 300 g/mol. The molecule has 0 unspecified atom stereocenters. The first-order chi connectivity index (χ1) is 10.5. The van der Waals surface area contributed by atoms with E-state index in [1.165, 1.54) is 24.3 Å². The van der Waals surface area contributed by atoms with Gasteiger partial charge in [-0.1, -0.05) is 18.2 Å². The lowest BCUT2D eigenvalue weighted by Crippen LogP contribution is -2.41. The summed E-state index contributed by atoms with van der Waals surface area (Å²) in [5, 5.41) is 10.7. The van der Waals surface area contributed by atoms with Crippen molar-refractivity contribution in [3.63, 3.8) is 0 Å². The molecule has 2 amide bonds. The minimum atomic E-state index is -0.674. The first-order valence-electron chi connectivity index (χ1n) is 6.18. The number of non-ortho nitro benzene ring substituents is 1. The number of nitro benzene ring substituents is 1. The van der Waals surface area contributed by atoms with Crippen molar-refractivity contribution >= 4 is 23.2 Å². The number of carbonyl (C=O) groups is 2. The van der Waals surface area contributed by atoms with Gasteiger partial charge < -0.3 is 5.73 Å². The van der Waals surface area contributed by atoms with Crippen LogP contribution in [0.25, 0.3) is 0 Å². The molecule has 0 fully saturated rings. The Bertz CT molecular complexity index is 745. The summed E-state index contributed by atoms with van der Waals surface area (Å²) in [6.45, 7) is 0. The van der Waals surface area contributed by atoms with E-state index in [0.29, 0.717) is 0 Å². The third kappa shape index (κ3) is 3.37. The van der Waals surface area contributed by atoms with Crippen LogP contribution in [0.3, 0.4) is 0 Å². The Morgan fingerprint density at radius 2 is 1.68 bits per heavy atom.